The summed E-state index contributed by atoms with van der Waals surface area (Å²) in [5.74, 6) is 0.708. The number of ether oxygens (including phenoxy) is 1. The highest BCUT2D eigenvalue weighted by Crippen LogP contribution is 2.23. The van der Waals surface area contributed by atoms with Gasteiger partial charge in [-0.3, -0.25) is 0 Å². The quantitative estimate of drug-likeness (QED) is 0.815. The van der Waals surface area contributed by atoms with E-state index in [-0.39, 0.29) is 6.54 Å². The van der Waals surface area contributed by atoms with Crippen LogP contribution < -0.4 is 10.1 Å². The first-order chi connectivity index (χ1) is 6.70. The average molecular weight is 260 g/mol. The molecule has 0 aliphatic carbocycles. The molecule has 0 aliphatic rings. The molecule has 0 aliphatic heterocycles. The topological polar surface area (TPSA) is 58.6 Å². The maximum absolute atomic E-state index is 10.1. The van der Waals surface area contributed by atoms with Gasteiger partial charge >= 0.3 is 6.09 Å². The second kappa shape index (κ2) is 5.49. The number of halogens is 1. The molecule has 0 unspecified atom stereocenters. The second-order valence-electron chi connectivity index (χ2n) is 2.51. The molecule has 1 rings (SSSR count). The highest BCUT2D eigenvalue weighted by molar-refractivity contribution is 9.10. The smallest absolute Gasteiger partial charge is 0.404 e. The van der Waals surface area contributed by atoms with E-state index in [0.717, 1.165) is 4.47 Å². The highest BCUT2D eigenvalue weighted by atomic mass is 79.9. The Hall–Kier alpha value is -1.23. The highest BCUT2D eigenvalue weighted by Gasteiger charge is 1.99. The lowest BCUT2D eigenvalue weighted by molar-refractivity contribution is 0.191. The fourth-order valence-electron chi connectivity index (χ4n) is 0.881. The largest absolute Gasteiger partial charge is 0.491 e. The van der Waals surface area contributed by atoms with Crippen molar-refractivity contribution >= 4 is 22.0 Å². The van der Waals surface area contributed by atoms with Crippen LogP contribution in [0.15, 0.2) is 28.7 Å². The van der Waals surface area contributed by atoms with E-state index in [9.17, 15) is 4.79 Å². The van der Waals surface area contributed by atoms with E-state index in [1.54, 1.807) is 0 Å². The number of carboxylic acid groups (broad SMARTS) is 1. The van der Waals surface area contributed by atoms with Crippen LogP contribution in [-0.2, 0) is 0 Å². The molecule has 0 heterocycles. The van der Waals surface area contributed by atoms with Gasteiger partial charge in [-0.05, 0) is 28.1 Å². The molecule has 76 valence electrons. The lowest BCUT2D eigenvalue weighted by atomic mass is 10.3. The number of para-hydroxylation sites is 1. The number of nitrogens with one attached hydrogen (secondary N) is 1. The Kier molecular flexibility index (Phi) is 4.25. The van der Waals surface area contributed by atoms with Gasteiger partial charge in [-0.1, -0.05) is 12.1 Å². The predicted molar refractivity (Wildman–Crippen MR) is 55.7 cm³/mol. The molecule has 0 atom stereocenters. The van der Waals surface area contributed by atoms with Crippen molar-refractivity contribution in [2.24, 2.45) is 0 Å². The SMILES string of the molecule is O=C(O)NCCOc1ccccc1Br. The first-order valence-corrected chi connectivity index (χ1v) is 4.83. The minimum atomic E-state index is -1.04. The molecule has 0 saturated heterocycles. The third kappa shape index (κ3) is 3.66. The molecule has 0 aromatic heterocycles. The summed E-state index contributed by atoms with van der Waals surface area (Å²) in [5.41, 5.74) is 0. The number of amides is 1. The van der Waals surface area contributed by atoms with Gasteiger partial charge < -0.3 is 15.2 Å². The van der Waals surface area contributed by atoms with Crippen molar-refractivity contribution < 1.29 is 14.6 Å². The van der Waals surface area contributed by atoms with Crippen molar-refractivity contribution in [2.45, 2.75) is 0 Å². The van der Waals surface area contributed by atoms with Crippen LogP contribution in [0, 0.1) is 0 Å². The first kappa shape index (κ1) is 10.8. The lowest BCUT2D eigenvalue weighted by Gasteiger charge is -2.07. The Bertz CT molecular complexity index is 317. The van der Waals surface area contributed by atoms with Gasteiger partial charge in [0.25, 0.3) is 0 Å². The van der Waals surface area contributed by atoms with Gasteiger partial charge in [0.15, 0.2) is 0 Å². The molecule has 0 bridgehead atoms. The zero-order chi connectivity index (χ0) is 10.4. The van der Waals surface area contributed by atoms with Gasteiger partial charge in [-0.2, -0.15) is 0 Å². The van der Waals surface area contributed by atoms with Crippen molar-refractivity contribution in [1.29, 1.82) is 0 Å². The maximum Gasteiger partial charge on any atom is 0.404 e. The van der Waals surface area contributed by atoms with E-state index >= 15 is 0 Å². The summed E-state index contributed by atoms with van der Waals surface area (Å²) in [6.07, 6.45) is -1.04. The van der Waals surface area contributed by atoms with Crippen LogP contribution in [-0.4, -0.2) is 24.4 Å². The van der Waals surface area contributed by atoms with Crippen molar-refractivity contribution in [2.75, 3.05) is 13.2 Å². The van der Waals surface area contributed by atoms with E-state index in [1.165, 1.54) is 0 Å². The monoisotopic (exact) mass is 259 g/mol. The standard InChI is InChI=1S/C9H10BrNO3/c10-7-3-1-2-4-8(7)14-6-5-11-9(12)13/h1-4,11H,5-6H2,(H,12,13). The normalized spacial score (nSPS) is 9.50. The summed E-state index contributed by atoms with van der Waals surface area (Å²) < 4.78 is 6.17. The number of rotatable bonds is 4. The molecular formula is C9H10BrNO3. The van der Waals surface area contributed by atoms with Crippen LogP contribution in [0.25, 0.3) is 0 Å². The third-order valence-corrected chi connectivity index (χ3v) is 2.13. The van der Waals surface area contributed by atoms with Gasteiger partial charge in [0, 0.05) is 0 Å². The predicted octanol–water partition coefficient (Wildman–Crippen LogP) is 2.10. The summed E-state index contributed by atoms with van der Waals surface area (Å²) in [6.45, 7) is 0.589. The average Bonchev–Trinajstić information content (AvgIpc) is 2.15. The minimum absolute atomic E-state index is 0.274. The molecule has 5 heteroatoms. The van der Waals surface area contributed by atoms with Crippen molar-refractivity contribution in [3.63, 3.8) is 0 Å². The summed E-state index contributed by atoms with van der Waals surface area (Å²) in [4.78, 5) is 10.1. The van der Waals surface area contributed by atoms with Crippen LogP contribution >= 0.6 is 15.9 Å². The van der Waals surface area contributed by atoms with Crippen LogP contribution in [0.4, 0.5) is 4.79 Å². The Morgan fingerprint density at radius 1 is 1.50 bits per heavy atom. The van der Waals surface area contributed by atoms with E-state index in [4.69, 9.17) is 9.84 Å². The van der Waals surface area contributed by atoms with E-state index in [0.29, 0.717) is 12.4 Å². The number of benzene rings is 1. The Labute approximate surface area is 90.0 Å². The van der Waals surface area contributed by atoms with Gasteiger partial charge in [0.05, 0.1) is 11.0 Å². The van der Waals surface area contributed by atoms with Crippen molar-refractivity contribution in [3.05, 3.63) is 28.7 Å². The van der Waals surface area contributed by atoms with Crippen LogP contribution in [0.5, 0.6) is 5.75 Å². The molecule has 14 heavy (non-hydrogen) atoms. The summed E-state index contributed by atoms with van der Waals surface area (Å²) >= 11 is 3.32. The van der Waals surface area contributed by atoms with Crippen LogP contribution in [0.1, 0.15) is 0 Å². The zero-order valence-corrected chi connectivity index (χ0v) is 8.95. The second-order valence-corrected chi connectivity index (χ2v) is 3.37. The van der Waals surface area contributed by atoms with Crippen molar-refractivity contribution in [3.8, 4) is 5.75 Å². The molecule has 1 amide bonds. The van der Waals surface area contributed by atoms with E-state index in [2.05, 4.69) is 21.2 Å². The lowest BCUT2D eigenvalue weighted by Crippen LogP contribution is -2.26. The molecular weight excluding hydrogens is 250 g/mol. The maximum atomic E-state index is 10.1. The molecule has 0 spiro atoms. The summed E-state index contributed by atoms with van der Waals surface area (Å²) in [7, 11) is 0. The number of hydrogen-bond donors (Lipinski definition) is 2. The molecule has 1 aromatic carbocycles. The molecule has 2 N–H and O–H groups in total. The Morgan fingerprint density at radius 2 is 2.21 bits per heavy atom. The minimum Gasteiger partial charge on any atom is -0.491 e. The molecule has 0 saturated carbocycles. The zero-order valence-electron chi connectivity index (χ0n) is 7.37. The van der Waals surface area contributed by atoms with Gasteiger partial charge in [0.2, 0.25) is 0 Å². The van der Waals surface area contributed by atoms with Gasteiger partial charge in [-0.25, -0.2) is 4.79 Å². The van der Waals surface area contributed by atoms with Gasteiger partial charge in [-0.15, -0.1) is 0 Å². The van der Waals surface area contributed by atoms with E-state index < -0.39 is 6.09 Å². The van der Waals surface area contributed by atoms with Crippen LogP contribution in [0.2, 0.25) is 0 Å². The molecule has 0 radical (unpaired) electrons. The van der Waals surface area contributed by atoms with Crippen LogP contribution in [0.3, 0.4) is 0 Å². The Balaban J connectivity index is 2.31. The Morgan fingerprint density at radius 3 is 2.86 bits per heavy atom. The summed E-state index contributed by atoms with van der Waals surface area (Å²) in [5, 5.41) is 10.5. The number of carbonyl (C=O) groups is 1. The van der Waals surface area contributed by atoms with Gasteiger partial charge in [0.1, 0.15) is 12.4 Å². The fourth-order valence-corrected chi connectivity index (χ4v) is 1.28. The fraction of sp³-hybridized carbons (Fsp3) is 0.222. The summed E-state index contributed by atoms with van der Waals surface area (Å²) in [6, 6.07) is 7.40. The number of hydrogen-bond acceptors (Lipinski definition) is 2. The first-order valence-electron chi connectivity index (χ1n) is 4.04. The molecule has 4 nitrogen and oxygen atoms in total. The molecule has 0 fully saturated rings. The van der Waals surface area contributed by atoms with E-state index in [1.807, 2.05) is 24.3 Å². The third-order valence-electron chi connectivity index (χ3n) is 1.47. The van der Waals surface area contributed by atoms with Crippen molar-refractivity contribution in [1.82, 2.24) is 5.32 Å². The molecule has 1 aromatic rings.